The van der Waals surface area contributed by atoms with Crippen molar-refractivity contribution < 1.29 is 35.8 Å². The standard InChI is InChI=1S/C20H18F6O2/c1-3-5-6-7-12-8-10-15(19(24)16(12)21)28-20(25,26)13-9-11-14(27-4-2)18(23)17(13)22/h6-11H,3-5H2,1-2H3/b7-6+. The van der Waals surface area contributed by atoms with Crippen molar-refractivity contribution in [1.82, 2.24) is 0 Å². The molecule has 0 aliphatic carbocycles. The third-order valence-electron chi connectivity index (χ3n) is 3.73. The number of hydrogen-bond acceptors (Lipinski definition) is 2. The molecule has 28 heavy (non-hydrogen) atoms. The second-order valence-electron chi connectivity index (χ2n) is 5.76. The molecule has 152 valence electrons. The highest BCUT2D eigenvalue weighted by molar-refractivity contribution is 5.52. The van der Waals surface area contributed by atoms with Gasteiger partial charge in [-0.15, -0.1) is 0 Å². The number of allylic oxidation sites excluding steroid dienone is 1. The van der Waals surface area contributed by atoms with Gasteiger partial charge in [0.1, 0.15) is 5.56 Å². The fourth-order valence-corrected chi connectivity index (χ4v) is 2.35. The molecule has 2 aromatic carbocycles. The van der Waals surface area contributed by atoms with E-state index in [0.717, 1.165) is 24.6 Å². The maximum Gasteiger partial charge on any atom is 0.429 e. The van der Waals surface area contributed by atoms with Crippen LogP contribution in [0.4, 0.5) is 26.3 Å². The maximum atomic E-state index is 14.3. The minimum atomic E-state index is -4.46. The highest BCUT2D eigenvalue weighted by Gasteiger charge is 2.40. The average molecular weight is 404 g/mol. The van der Waals surface area contributed by atoms with Crippen LogP contribution >= 0.6 is 0 Å². The van der Waals surface area contributed by atoms with E-state index in [-0.39, 0.29) is 12.2 Å². The summed E-state index contributed by atoms with van der Waals surface area (Å²) < 4.78 is 93.5. The monoisotopic (exact) mass is 404 g/mol. The summed E-state index contributed by atoms with van der Waals surface area (Å²) in [5.74, 6) is -8.28. The normalized spacial score (nSPS) is 11.9. The number of benzene rings is 2. The zero-order valence-corrected chi connectivity index (χ0v) is 15.2. The Labute approximate surface area is 158 Å². The van der Waals surface area contributed by atoms with Crippen LogP contribution in [-0.2, 0) is 6.11 Å². The lowest BCUT2D eigenvalue weighted by molar-refractivity contribution is -0.189. The molecule has 0 aliphatic rings. The van der Waals surface area contributed by atoms with Gasteiger partial charge in [-0.05, 0) is 37.6 Å². The van der Waals surface area contributed by atoms with Crippen molar-refractivity contribution in [2.24, 2.45) is 0 Å². The minimum Gasteiger partial charge on any atom is -0.491 e. The van der Waals surface area contributed by atoms with Gasteiger partial charge >= 0.3 is 6.11 Å². The van der Waals surface area contributed by atoms with Crippen molar-refractivity contribution in [3.63, 3.8) is 0 Å². The van der Waals surface area contributed by atoms with Gasteiger partial charge in [0.25, 0.3) is 0 Å². The summed E-state index contributed by atoms with van der Waals surface area (Å²) in [7, 11) is 0. The second kappa shape index (κ2) is 9.03. The Morgan fingerprint density at radius 2 is 1.50 bits per heavy atom. The summed E-state index contributed by atoms with van der Waals surface area (Å²) in [5, 5.41) is 0. The first-order valence-corrected chi connectivity index (χ1v) is 8.55. The molecule has 0 atom stereocenters. The number of hydrogen-bond donors (Lipinski definition) is 0. The van der Waals surface area contributed by atoms with Gasteiger partial charge in [0.15, 0.2) is 23.1 Å². The molecule has 0 heterocycles. The van der Waals surface area contributed by atoms with Gasteiger partial charge in [-0.25, -0.2) is 8.78 Å². The van der Waals surface area contributed by atoms with Gasteiger partial charge in [0, 0.05) is 5.56 Å². The highest BCUT2D eigenvalue weighted by atomic mass is 19.3. The number of rotatable bonds is 8. The molecule has 2 nitrogen and oxygen atoms in total. The lowest BCUT2D eigenvalue weighted by atomic mass is 10.1. The van der Waals surface area contributed by atoms with Crippen molar-refractivity contribution in [2.45, 2.75) is 32.8 Å². The molecule has 2 aromatic rings. The van der Waals surface area contributed by atoms with E-state index >= 15 is 0 Å². The lowest BCUT2D eigenvalue weighted by Gasteiger charge is -2.20. The van der Waals surface area contributed by atoms with Crippen molar-refractivity contribution in [1.29, 1.82) is 0 Å². The van der Waals surface area contributed by atoms with Crippen molar-refractivity contribution >= 4 is 6.08 Å². The smallest absolute Gasteiger partial charge is 0.429 e. The number of alkyl halides is 2. The number of halogens is 6. The van der Waals surface area contributed by atoms with E-state index in [1.807, 2.05) is 6.92 Å². The summed E-state index contributed by atoms with van der Waals surface area (Å²) in [6.45, 7) is 3.39. The van der Waals surface area contributed by atoms with Gasteiger partial charge in [0.2, 0.25) is 11.6 Å². The van der Waals surface area contributed by atoms with Gasteiger partial charge in [-0.1, -0.05) is 25.5 Å². The lowest BCUT2D eigenvalue weighted by Crippen LogP contribution is -2.25. The first-order chi connectivity index (χ1) is 13.2. The Kier molecular flexibility index (Phi) is 6.99. The first-order valence-electron chi connectivity index (χ1n) is 8.55. The molecule has 0 amide bonds. The van der Waals surface area contributed by atoms with Crippen molar-refractivity contribution in [3.8, 4) is 11.5 Å². The fraction of sp³-hybridized carbons (Fsp3) is 0.300. The summed E-state index contributed by atoms with van der Waals surface area (Å²) in [4.78, 5) is 0. The molecule has 0 aromatic heterocycles. The highest BCUT2D eigenvalue weighted by Crippen LogP contribution is 2.37. The molecule has 8 heteroatoms. The molecular formula is C20H18F6O2. The molecule has 0 saturated carbocycles. The van der Waals surface area contributed by atoms with E-state index in [0.29, 0.717) is 12.5 Å². The van der Waals surface area contributed by atoms with Crippen LogP contribution in [-0.4, -0.2) is 6.61 Å². The molecule has 0 spiro atoms. The molecule has 0 aliphatic heterocycles. The zero-order chi connectivity index (χ0) is 20.9. The van der Waals surface area contributed by atoms with Crippen LogP contribution in [0.1, 0.15) is 37.8 Å². The zero-order valence-electron chi connectivity index (χ0n) is 15.2. The van der Waals surface area contributed by atoms with Gasteiger partial charge in [0.05, 0.1) is 6.61 Å². The van der Waals surface area contributed by atoms with Gasteiger partial charge in [-0.2, -0.15) is 17.6 Å². The predicted molar refractivity (Wildman–Crippen MR) is 92.3 cm³/mol. The summed E-state index contributed by atoms with van der Waals surface area (Å²) in [6, 6.07) is 3.19. The average Bonchev–Trinajstić information content (AvgIpc) is 2.65. The Morgan fingerprint density at radius 1 is 0.857 bits per heavy atom. The number of unbranched alkanes of at least 4 members (excludes halogenated alkanes) is 1. The molecule has 0 fully saturated rings. The van der Waals surface area contributed by atoms with E-state index in [1.54, 1.807) is 6.08 Å². The van der Waals surface area contributed by atoms with Crippen LogP contribution in [0.2, 0.25) is 0 Å². The van der Waals surface area contributed by atoms with E-state index in [1.165, 1.54) is 13.0 Å². The molecule has 2 rings (SSSR count). The summed E-state index contributed by atoms with van der Waals surface area (Å²) >= 11 is 0. The third-order valence-corrected chi connectivity index (χ3v) is 3.73. The minimum absolute atomic E-state index is 0.00780. The van der Waals surface area contributed by atoms with Crippen LogP contribution in [0.15, 0.2) is 30.3 Å². The second-order valence-corrected chi connectivity index (χ2v) is 5.76. The summed E-state index contributed by atoms with van der Waals surface area (Å²) in [6.07, 6.45) is -0.128. The van der Waals surface area contributed by atoms with Gasteiger partial charge < -0.3 is 9.47 Å². The Hall–Kier alpha value is -2.64. The van der Waals surface area contributed by atoms with Crippen LogP contribution in [0.3, 0.4) is 0 Å². The SMILES string of the molecule is CCC/C=C/c1ccc(OC(F)(F)c2ccc(OCC)c(F)c2F)c(F)c1F. The number of ether oxygens (including phenoxy) is 2. The third kappa shape index (κ3) is 4.61. The molecular weight excluding hydrogens is 386 g/mol. The van der Waals surface area contributed by atoms with Crippen LogP contribution in [0.25, 0.3) is 6.08 Å². The molecule has 0 unspecified atom stereocenters. The Morgan fingerprint density at radius 3 is 2.14 bits per heavy atom. The topological polar surface area (TPSA) is 18.5 Å². The van der Waals surface area contributed by atoms with Crippen molar-refractivity contribution in [3.05, 3.63) is 64.7 Å². The largest absolute Gasteiger partial charge is 0.491 e. The van der Waals surface area contributed by atoms with Crippen LogP contribution in [0, 0.1) is 23.3 Å². The molecule has 0 N–H and O–H groups in total. The van der Waals surface area contributed by atoms with E-state index in [2.05, 4.69) is 4.74 Å². The van der Waals surface area contributed by atoms with Crippen LogP contribution < -0.4 is 9.47 Å². The van der Waals surface area contributed by atoms with Crippen LogP contribution in [0.5, 0.6) is 11.5 Å². The van der Waals surface area contributed by atoms with Crippen molar-refractivity contribution in [2.75, 3.05) is 6.61 Å². The van der Waals surface area contributed by atoms with E-state index < -0.39 is 46.4 Å². The Bertz CT molecular complexity index is 864. The van der Waals surface area contributed by atoms with Gasteiger partial charge in [-0.3, -0.25) is 0 Å². The van der Waals surface area contributed by atoms with E-state index in [9.17, 15) is 26.3 Å². The maximum absolute atomic E-state index is 14.3. The molecule has 0 radical (unpaired) electrons. The fourth-order valence-electron chi connectivity index (χ4n) is 2.35. The Balaban J connectivity index is 2.34. The van der Waals surface area contributed by atoms with E-state index in [4.69, 9.17) is 4.74 Å². The quantitative estimate of drug-likeness (QED) is 0.463. The first kappa shape index (κ1) is 21.7. The molecule has 0 bridgehead atoms. The predicted octanol–water partition coefficient (Wildman–Crippen LogP) is 6.58. The summed E-state index contributed by atoms with van der Waals surface area (Å²) in [5.41, 5.74) is -1.62. The molecule has 0 saturated heterocycles.